The number of rotatable bonds is 4. The lowest BCUT2D eigenvalue weighted by molar-refractivity contribution is -0.398. The smallest absolute Gasteiger partial charge is 0.266 e. The van der Waals surface area contributed by atoms with E-state index in [4.69, 9.17) is 12.2 Å². The van der Waals surface area contributed by atoms with Crippen molar-refractivity contribution in [2.45, 2.75) is 0 Å². The number of amides is 1. The van der Waals surface area contributed by atoms with Crippen LogP contribution in [0.5, 0.6) is 5.75 Å². The number of nitro benzene ring substituents is 1. The first-order valence-electron chi connectivity index (χ1n) is 5.76. The van der Waals surface area contributed by atoms with Crippen LogP contribution in [0.2, 0.25) is 0 Å². The molecule has 0 radical (unpaired) electrons. The molecule has 0 saturated carbocycles. The molecule has 0 bridgehead atoms. The number of hydrogen-bond donors (Lipinski definition) is 0. The Hall–Kier alpha value is -2.19. The van der Waals surface area contributed by atoms with Gasteiger partial charge in [-0.1, -0.05) is 42.2 Å². The van der Waals surface area contributed by atoms with Crippen LogP contribution in [0, 0.1) is 10.1 Å². The maximum absolute atomic E-state index is 12.1. The van der Waals surface area contributed by atoms with Crippen molar-refractivity contribution in [3.05, 3.63) is 51.4 Å². The number of benzene rings is 1. The lowest BCUT2D eigenvalue weighted by atomic mass is 10.1. The van der Waals surface area contributed by atoms with E-state index in [2.05, 4.69) is 6.58 Å². The summed E-state index contributed by atoms with van der Waals surface area (Å²) >= 11 is 6.12. The maximum atomic E-state index is 12.1. The van der Waals surface area contributed by atoms with Gasteiger partial charge in [-0.25, -0.2) is 0 Å². The van der Waals surface area contributed by atoms with E-state index in [1.54, 1.807) is 6.08 Å². The standard InChI is InChI=1S/C13H10N2O4S2/c1-2-6-14-12(17)10(21-13(14)20)7-8-4-3-5-9(11(8)16)15(18)19/h2-5,7,16H,1,6H2/p-1. The Labute approximate surface area is 129 Å². The molecule has 0 spiro atoms. The summed E-state index contributed by atoms with van der Waals surface area (Å²) in [5.41, 5.74) is -0.436. The van der Waals surface area contributed by atoms with E-state index < -0.39 is 16.4 Å². The first-order chi connectivity index (χ1) is 9.95. The maximum Gasteiger partial charge on any atom is 0.266 e. The Bertz CT molecular complexity index is 685. The van der Waals surface area contributed by atoms with Gasteiger partial charge in [0.05, 0.1) is 9.83 Å². The van der Waals surface area contributed by atoms with Crippen molar-refractivity contribution in [1.82, 2.24) is 4.90 Å². The normalized spacial score (nSPS) is 16.6. The molecule has 108 valence electrons. The molecule has 2 rings (SSSR count). The summed E-state index contributed by atoms with van der Waals surface area (Å²) in [5, 5.41) is 22.7. The molecule has 6 nitrogen and oxygen atoms in total. The van der Waals surface area contributed by atoms with Gasteiger partial charge in [0.2, 0.25) is 0 Å². The number of hydrogen-bond acceptors (Lipinski definition) is 6. The third-order valence-corrected chi connectivity index (χ3v) is 4.07. The SMILES string of the molecule is C=CCN1C(=O)C(=Cc2cccc([N+](=O)[O-])c2[O-])SC1=S. The minimum atomic E-state index is -0.747. The molecular weight excluding hydrogens is 312 g/mol. The first kappa shape index (κ1) is 15.2. The number of para-hydroxylation sites is 1. The Kier molecular flexibility index (Phi) is 4.39. The number of nitrogens with zero attached hydrogens (tertiary/aromatic N) is 2. The molecule has 1 saturated heterocycles. The van der Waals surface area contributed by atoms with Crippen molar-refractivity contribution < 1.29 is 14.8 Å². The van der Waals surface area contributed by atoms with Gasteiger partial charge < -0.3 is 5.11 Å². The zero-order valence-electron chi connectivity index (χ0n) is 10.6. The number of nitro groups is 1. The lowest BCUT2D eigenvalue weighted by Crippen LogP contribution is -2.27. The molecule has 1 amide bonds. The van der Waals surface area contributed by atoms with Gasteiger partial charge in [-0.2, -0.15) is 0 Å². The fourth-order valence-corrected chi connectivity index (χ4v) is 2.99. The first-order valence-corrected chi connectivity index (χ1v) is 6.99. The zero-order valence-corrected chi connectivity index (χ0v) is 12.3. The highest BCUT2D eigenvalue weighted by molar-refractivity contribution is 8.26. The quantitative estimate of drug-likeness (QED) is 0.277. The second-order valence-corrected chi connectivity index (χ2v) is 5.71. The van der Waals surface area contributed by atoms with Crippen molar-refractivity contribution >= 4 is 46.0 Å². The predicted molar refractivity (Wildman–Crippen MR) is 82.6 cm³/mol. The van der Waals surface area contributed by atoms with Gasteiger partial charge in [-0.15, -0.1) is 6.58 Å². The second kappa shape index (κ2) is 6.06. The molecule has 1 aromatic carbocycles. The van der Waals surface area contributed by atoms with E-state index in [0.29, 0.717) is 4.32 Å². The summed E-state index contributed by atoms with van der Waals surface area (Å²) in [4.78, 5) is 23.7. The van der Waals surface area contributed by atoms with Crippen LogP contribution in [-0.4, -0.2) is 26.6 Å². The summed E-state index contributed by atoms with van der Waals surface area (Å²) in [6.07, 6.45) is 2.87. The molecule has 0 unspecified atom stereocenters. The van der Waals surface area contributed by atoms with Gasteiger partial charge in [-0.3, -0.25) is 19.8 Å². The highest BCUT2D eigenvalue weighted by atomic mass is 32.2. The number of carbonyl (C=O) groups is 1. The molecule has 21 heavy (non-hydrogen) atoms. The third-order valence-electron chi connectivity index (χ3n) is 2.69. The zero-order chi connectivity index (χ0) is 15.6. The van der Waals surface area contributed by atoms with Gasteiger partial charge >= 0.3 is 0 Å². The van der Waals surface area contributed by atoms with Crippen LogP contribution in [0.25, 0.3) is 6.08 Å². The van der Waals surface area contributed by atoms with Crippen LogP contribution < -0.4 is 5.11 Å². The Balaban J connectivity index is 2.39. The number of thioether (sulfide) groups is 1. The van der Waals surface area contributed by atoms with Gasteiger partial charge in [0.1, 0.15) is 4.32 Å². The molecule has 8 heteroatoms. The fourth-order valence-electron chi connectivity index (χ4n) is 1.73. The van der Waals surface area contributed by atoms with Gasteiger partial charge in [0.15, 0.2) is 0 Å². The van der Waals surface area contributed by atoms with Crippen LogP contribution in [0.1, 0.15) is 5.56 Å². The van der Waals surface area contributed by atoms with Crippen molar-refractivity contribution in [2.75, 3.05) is 6.54 Å². The molecule has 1 aliphatic rings. The summed E-state index contributed by atoms with van der Waals surface area (Å²) in [6.45, 7) is 3.82. The monoisotopic (exact) mass is 321 g/mol. The minimum Gasteiger partial charge on any atom is -0.867 e. The molecule has 0 atom stereocenters. The number of carbonyl (C=O) groups excluding carboxylic acids is 1. The molecule has 1 fully saturated rings. The lowest BCUT2D eigenvalue weighted by Gasteiger charge is -2.11. The molecular formula is C13H9N2O4S2-. The van der Waals surface area contributed by atoms with Crippen LogP contribution in [-0.2, 0) is 4.79 Å². The van der Waals surface area contributed by atoms with Crippen molar-refractivity contribution in [2.24, 2.45) is 0 Å². The molecule has 0 N–H and O–H groups in total. The molecule has 0 aromatic heterocycles. The van der Waals surface area contributed by atoms with E-state index in [-0.39, 0.29) is 22.9 Å². The van der Waals surface area contributed by atoms with Gasteiger partial charge in [0, 0.05) is 12.6 Å². The average molecular weight is 321 g/mol. The number of thiocarbonyl (C=S) groups is 1. The summed E-state index contributed by atoms with van der Waals surface area (Å²) in [5.74, 6) is -1.06. The van der Waals surface area contributed by atoms with Crippen molar-refractivity contribution in [3.8, 4) is 5.75 Å². The Morgan fingerprint density at radius 1 is 1.48 bits per heavy atom. The van der Waals surface area contributed by atoms with E-state index in [1.165, 1.54) is 23.1 Å². The van der Waals surface area contributed by atoms with Crippen LogP contribution in [0.15, 0.2) is 35.8 Å². The Morgan fingerprint density at radius 3 is 2.81 bits per heavy atom. The molecule has 0 aliphatic carbocycles. The summed E-state index contributed by atoms with van der Waals surface area (Å²) < 4.78 is 0.365. The van der Waals surface area contributed by atoms with E-state index in [1.807, 2.05) is 0 Å². The van der Waals surface area contributed by atoms with E-state index >= 15 is 0 Å². The second-order valence-electron chi connectivity index (χ2n) is 4.03. The van der Waals surface area contributed by atoms with Crippen molar-refractivity contribution in [1.29, 1.82) is 0 Å². The predicted octanol–water partition coefficient (Wildman–Crippen LogP) is 2.06. The molecule has 1 heterocycles. The molecule has 1 aliphatic heterocycles. The van der Waals surface area contributed by atoms with E-state index in [9.17, 15) is 20.0 Å². The van der Waals surface area contributed by atoms with Crippen molar-refractivity contribution in [3.63, 3.8) is 0 Å². The van der Waals surface area contributed by atoms with Crippen LogP contribution in [0.3, 0.4) is 0 Å². The third kappa shape index (κ3) is 2.96. The molecule has 1 aromatic rings. The minimum absolute atomic E-state index is 0.0864. The van der Waals surface area contributed by atoms with E-state index in [0.717, 1.165) is 17.8 Å². The average Bonchev–Trinajstić information content (AvgIpc) is 2.69. The summed E-state index contributed by atoms with van der Waals surface area (Å²) in [7, 11) is 0. The van der Waals surface area contributed by atoms with Crippen LogP contribution in [0.4, 0.5) is 5.69 Å². The highest BCUT2D eigenvalue weighted by Crippen LogP contribution is 2.35. The Morgan fingerprint density at radius 2 is 2.19 bits per heavy atom. The van der Waals surface area contributed by atoms with Gasteiger partial charge in [0.25, 0.3) is 11.6 Å². The fraction of sp³-hybridized carbons (Fsp3) is 0.0769. The largest absolute Gasteiger partial charge is 0.867 e. The van der Waals surface area contributed by atoms with Crippen LogP contribution >= 0.6 is 24.0 Å². The van der Waals surface area contributed by atoms with Gasteiger partial charge in [-0.05, 0) is 17.4 Å². The highest BCUT2D eigenvalue weighted by Gasteiger charge is 2.31. The topological polar surface area (TPSA) is 86.5 Å². The summed E-state index contributed by atoms with van der Waals surface area (Å²) in [6, 6.07) is 3.95.